The van der Waals surface area contributed by atoms with Gasteiger partial charge in [0.1, 0.15) is 5.82 Å². The quantitative estimate of drug-likeness (QED) is 0.788. The first-order chi connectivity index (χ1) is 6.65. The van der Waals surface area contributed by atoms with Gasteiger partial charge in [-0.25, -0.2) is 9.97 Å². The Kier molecular flexibility index (Phi) is 2.23. The van der Waals surface area contributed by atoms with Crippen LogP contribution in [-0.4, -0.2) is 15.0 Å². The molecule has 0 aromatic carbocycles. The van der Waals surface area contributed by atoms with E-state index < -0.39 is 0 Å². The van der Waals surface area contributed by atoms with E-state index in [4.69, 9.17) is 0 Å². The molecule has 1 N–H and O–H groups in total. The summed E-state index contributed by atoms with van der Waals surface area (Å²) in [5.74, 6) is 1.66. The number of hydrogen-bond acceptors (Lipinski definition) is 2. The summed E-state index contributed by atoms with van der Waals surface area (Å²) in [4.78, 5) is 12.0. The topological polar surface area (TPSA) is 41.6 Å². The molecular formula is C11H15N3. The first-order valence-electron chi connectivity index (χ1n) is 4.96. The van der Waals surface area contributed by atoms with Gasteiger partial charge in [0.05, 0.1) is 5.52 Å². The molecule has 0 aliphatic carbocycles. The smallest absolute Gasteiger partial charge is 0.177 e. The first kappa shape index (κ1) is 9.19. The van der Waals surface area contributed by atoms with Crippen molar-refractivity contribution < 1.29 is 0 Å². The van der Waals surface area contributed by atoms with Crippen LogP contribution in [0, 0.1) is 12.8 Å². The summed E-state index contributed by atoms with van der Waals surface area (Å²) < 4.78 is 0. The van der Waals surface area contributed by atoms with E-state index in [-0.39, 0.29) is 0 Å². The maximum absolute atomic E-state index is 4.43. The Labute approximate surface area is 83.6 Å². The number of rotatable bonds is 2. The number of nitrogens with one attached hydrogen (secondary N) is 1. The zero-order valence-electron chi connectivity index (χ0n) is 8.83. The Morgan fingerprint density at radius 1 is 1.43 bits per heavy atom. The number of aromatic amines is 1. The average molecular weight is 189 g/mol. The van der Waals surface area contributed by atoms with E-state index in [1.165, 1.54) is 0 Å². The molecule has 2 aromatic heterocycles. The van der Waals surface area contributed by atoms with Crippen molar-refractivity contribution in [2.45, 2.75) is 27.2 Å². The molecule has 2 rings (SSSR count). The third-order valence-corrected chi connectivity index (χ3v) is 2.12. The normalized spacial score (nSPS) is 11.4. The van der Waals surface area contributed by atoms with Crippen LogP contribution in [-0.2, 0) is 6.42 Å². The van der Waals surface area contributed by atoms with Crippen LogP contribution >= 0.6 is 0 Å². The first-order valence-corrected chi connectivity index (χ1v) is 4.96. The summed E-state index contributed by atoms with van der Waals surface area (Å²) in [5, 5.41) is 0. The summed E-state index contributed by atoms with van der Waals surface area (Å²) in [7, 11) is 0. The second-order valence-electron chi connectivity index (χ2n) is 4.17. The number of imidazole rings is 1. The zero-order valence-corrected chi connectivity index (χ0v) is 8.83. The van der Waals surface area contributed by atoms with Gasteiger partial charge in [-0.15, -0.1) is 0 Å². The summed E-state index contributed by atoms with van der Waals surface area (Å²) in [5.41, 5.74) is 3.03. The molecule has 0 saturated carbocycles. The van der Waals surface area contributed by atoms with Gasteiger partial charge in [-0.05, 0) is 24.5 Å². The second-order valence-corrected chi connectivity index (χ2v) is 4.17. The lowest BCUT2D eigenvalue weighted by atomic mass is 10.1. The molecule has 3 heteroatoms. The molecule has 14 heavy (non-hydrogen) atoms. The van der Waals surface area contributed by atoms with Crippen molar-refractivity contribution in [3.05, 3.63) is 23.7 Å². The van der Waals surface area contributed by atoms with Gasteiger partial charge >= 0.3 is 0 Å². The minimum Gasteiger partial charge on any atom is -0.341 e. The molecule has 0 fully saturated rings. The van der Waals surface area contributed by atoms with Gasteiger partial charge in [-0.2, -0.15) is 0 Å². The maximum atomic E-state index is 4.43. The molecule has 0 atom stereocenters. The van der Waals surface area contributed by atoms with Crippen LogP contribution in [0.4, 0.5) is 0 Å². The van der Waals surface area contributed by atoms with Gasteiger partial charge in [0.2, 0.25) is 0 Å². The molecule has 0 aliphatic rings. The van der Waals surface area contributed by atoms with E-state index in [0.717, 1.165) is 29.0 Å². The fourth-order valence-corrected chi connectivity index (χ4v) is 1.54. The Bertz CT molecular complexity index is 443. The van der Waals surface area contributed by atoms with Crippen molar-refractivity contribution in [2.24, 2.45) is 5.92 Å². The van der Waals surface area contributed by atoms with E-state index in [2.05, 4.69) is 34.9 Å². The number of pyridine rings is 1. The van der Waals surface area contributed by atoms with Crippen LogP contribution in [0.15, 0.2) is 12.3 Å². The molecule has 0 saturated heterocycles. The van der Waals surface area contributed by atoms with Crippen LogP contribution in [0.3, 0.4) is 0 Å². The van der Waals surface area contributed by atoms with Crippen LogP contribution in [0.25, 0.3) is 11.2 Å². The van der Waals surface area contributed by atoms with E-state index in [0.29, 0.717) is 5.92 Å². The van der Waals surface area contributed by atoms with Gasteiger partial charge in [0.25, 0.3) is 0 Å². The minimum absolute atomic E-state index is 0.622. The van der Waals surface area contributed by atoms with E-state index in [9.17, 15) is 0 Å². The number of aromatic nitrogens is 3. The lowest BCUT2D eigenvalue weighted by Crippen LogP contribution is -1.95. The number of fused-ring (bicyclic) bond motifs is 1. The number of H-pyrrole nitrogens is 1. The van der Waals surface area contributed by atoms with E-state index >= 15 is 0 Å². The molecule has 0 spiro atoms. The molecule has 2 aromatic rings. The molecule has 0 unspecified atom stereocenters. The van der Waals surface area contributed by atoms with Gasteiger partial charge in [-0.1, -0.05) is 13.8 Å². The third-order valence-electron chi connectivity index (χ3n) is 2.12. The van der Waals surface area contributed by atoms with Gasteiger partial charge < -0.3 is 4.98 Å². The van der Waals surface area contributed by atoms with Crippen LogP contribution in [0.2, 0.25) is 0 Å². The molecule has 0 amide bonds. The highest BCUT2D eigenvalue weighted by Crippen LogP contribution is 2.12. The molecule has 3 nitrogen and oxygen atoms in total. The standard InChI is InChI=1S/C11H15N3/c1-7(2)4-10-13-9-5-8(3)6-12-11(9)14-10/h5-7H,4H2,1-3H3,(H,12,13,14). The largest absolute Gasteiger partial charge is 0.341 e. The van der Waals surface area contributed by atoms with Crippen LogP contribution in [0.1, 0.15) is 25.2 Å². The molecule has 0 aliphatic heterocycles. The Hall–Kier alpha value is -1.38. The monoisotopic (exact) mass is 189 g/mol. The third kappa shape index (κ3) is 1.76. The van der Waals surface area contributed by atoms with Crippen LogP contribution in [0.5, 0.6) is 0 Å². The summed E-state index contributed by atoms with van der Waals surface area (Å²) in [6, 6.07) is 2.08. The maximum Gasteiger partial charge on any atom is 0.177 e. The lowest BCUT2D eigenvalue weighted by Gasteiger charge is -1.98. The summed E-state index contributed by atoms with van der Waals surface area (Å²) >= 11 is 0. The fraction of sp³-hybridized carbons (Fsp3) is 0.455. The molecular weight excluding hydrogens is 174 g/mol. The predicted molar refractivity (Wildman–Crippen MR) is 57.2 cm³/mol. The van der Waals surface area contributed by atoms with Gasteiger partial charge in [0.15, 0.2) is 5.65 Å². The fourth-order valence-electron chi connectivity index (χ4n) is 1.54. The highest BCUT2D eigenvalue weighted by atomic mass is 15.0. The van der Waals surface area contributed by atoms with E-state index in [1.807, 2.05) is 13.1 Å². The summed E-state index contributed by atoms with van der Waals surface area (Å²) in [6.07, 6.45) is 2.83. The Morgan fingerprint density at radius 2 is 2.21 bits per heavy atom. The van der Waals surface area contributed by atoms with Crippen molar-refractivity contribution in [1.29, 1.82) is 0 Å². The molecule has 2 heterocycles. The van der Waals surface area contributed by atoms with Crippen molar-refractivity contribution in [3.63, 3.8) is 0 Å². The molecule has 0 bridgehead atoms. The zero-order chi connectivity index (χ0) is 10.1. The highest BCUT2D eigenvalue weighted by molar-refractivity contribution is 5.70. The van der Waals surface area contributed by atoms with E-state index in [1.54, 1.807) is 0 Å². The second kappa shape index (κ2) is 3.40. The van der Waals surface area contributed by atoms with Gasteiger partial charge in [-0.3, -0.25) is 0 Å². The minimum atomic E-state index is 0.622. The summed E-state index contributed by atoms with van der Waals surface area (Å²) in [6.45, 7) is 6.41. The average Bonchev–Trinajstić information content (AvgIpc) is 2.44. The highest BCUT2D eigenvalue weighted by Gasteiger charge is 2.05. The lowest BCUT2D eigenvalue weighted by molar-refractivity contribution is 0.627. The predicted octanol–water partition coefficient (Wildman–Crippen LogP) is 2.46. The molecule has 74 valence electrons. The van der Waals surface area contributed by atoms with Crippen molar-refractivity contribution >= 4 is 11.2 Å². The van der Waals surface area contributed by atoms with Crippen LogP contribution < -0.4 is 0 Å². The Morgan fingerprint density at radius 3 is 2.93 bits per heavy atom. The van der Waals surface area contributed by atoms with Gasteiger partial charge in [0, 0.05) is 12.6 Å². The molecule has 0 radical (unpaired) electrons. The number of nitrogens with zero attached hydrogens (tertiary/aromatic N) is 2. The number of hydrogen-bond donors (Lipinski definition) is 1. The Balaban J connectivity index is 2.41. The van der Waals surface area contributed by atoms with Crippen molar-refractivity contribution in [2.75, 3.05) is 0 Å². The van der Waals surface area contributed by atoms with Crippen molar-refractivity contribution in [1.82, 2.24) is 15.0 Å². The number of aryl methyl sites for hydroxylation is 1. The van der Waals surface area contributed by atoms with Crippen molar-refractivity contribution in [3.8, 4) is 0 Å². The SMILES string of the molecule is Cc1cnc2nc(CC(C)C)[nH]c2c1.